The third-order valence-corrected chi connectivity index (χ3v) is 1.75. The molecule has 3 amide bonds. The fourth-order valence-corrected chi connectivity index (χ4v) is 1.03. The number of carbonyl (C=O) groups excluding carboxylic acids is 3. The standard InChI is InChI=1S/C8H10N2O3/c1-2-6(11)9-5-10-7(12)3-4-8(10)13/h2H,1,3-5H2,(H,9,11). The lowest BCUT2D eigenvalue weighted by Crippen LogP contribution is -2.39. The van der Waals surface area contributed by atoms with Crippen LogP contribution in [0.2, 0.25) is 0 Å². The van der Waals surface area contributed by atoms with Gasteiger partial charge in [-0.3, -0.25) is 19.3 Å². The zero-order valence-corrected chi connectivity index (χ0v) is 7.08. The highest BCUT2D eigenvalue weighted by Crippen LogP contribution is 2.09. The molecule has 1 N–H and O–H groups in total. The minimum atomic E-state index is -0.396. The molecule has 0 saturated carbocycles. The maximum Gasteiger partial charge on any atom is 0.244 e. The number of hydrogen-bond acceptors (Lipinski definition) is 3. The van der Waals surface area contributed by atoms with Gasteiger partial charge in [0, 0.05) is 12.8 Å². The summed E-state index contributed by atoms with van der Waals surface area (Å²) >= 11 is 0. The Labute approximate surface area is 75.4 Å². The van der Waals surface area contributed by atoms with Gasteiger partial charge in [-0.15, -0.1) is 0 Å². The second-order valence-corrected chi connectivity index (χ2v) is 2.62. The Kier molecular flexibility index (Phi) is 2.79. The summed E-state index contributed by atoms with van der Waals surface area (Å²) in [5.74, 6) is -0.878. The SMILES string of the molecule is C=CC(=O)NCN1C(=O)CCC1=O. The van der Waals surface area contributed by atoms with Crippen molar-refractivity contribution in [3.8, 4) is 0 Å². The molecule has 0 atom stereocenters. The van der Waals surface area contributed by atoms with Crippen molar-refractivity contribution in [2.75, 3.05) is 6.67 Å². The number of nitrogens with zero attached hydrogens (tertiary/aromatic N) is 1. The molecule has 0 spiro atoms. The number of hydrogen-bond donors (Lipinski definition) is 1. The first-order valence-corrected chi connectivity index (χ1v) is 3.88. The predicted octanol–water partition coefficient (Wildman–Crippen LogP) is -0.605. The van der Waals surface area contributed by atoms with E-state index in [2.05, 4.69) is 11.9 Å². The molecule has 5 nitrogen and oxygen atoms in total. The third-order valence-electron chi connectivity index (χ3n) is 1.75. The van der Waals surface area contributed by atoms with E-state index in [-0.39, 0.29) is 31.3 Å². The molecule has 0 bridgehead atoms. The Hall–Kier alpha value is -1.65. The normalized spacial score (nSPS) is 16.2. The van der Waals surface area contributed by atoms with Gasteiger partial charge in [-0.2, -0.15) is 0 Å². The van der Waals surface area contributed by atoms with Gasteiger partial charge in [0.05, 0.1) is 0 Å². The molecule has 1 heterocycles. The Morgan fingerprint density at radius 2 is 2.00 bits per heavy atom. The number of amides is 3. The first kappa shape index (κ1) is 9.44. The van der Waals surface area contributed by atoms with Crippen molar-refractivity contribution in [3.05, 3.63) is 12.7 Å². The summed E-state index contributed by atoms with van der Waals surface area (Å²) < 4.78 is 0. The average Bonchev–Trinajstić information content (AvgIpc) is 2.43. The van der Waals surface area contributed by atoms with Gasteiger partial charge in [0.15, 0.2) is 0 Å². The Morgan fingerprint density at radius 3 is 2.46 bits per heavy atom. The van der Waals surface area contributed by atoms with Gasteiger partial charge in [0.25, 0.3) is 0 Å². The van der Waals surface area contributed by atoms with Crippen LogP contribution in [-0.4, -0.2) is 29.3 Å². The van der Waals surface area contributed by atoms with Gasteiger partial charge in [0.1, 0.15) is 6.67 Å². The molecule has 5 heteroatoms. The van der Waals surface area contributed by atoms with Crippen LogP contribution in [-0.2, 0) is 14.4 Å². The molecule has 13 heavy (non-hydrogen) atoms. The van der Waals surface area contributed by atoms with E-state index in [4.69, 9.17) is 0 Å². The lowest BCUT2D eigenvalue weighted by Gasteiger charge is -2.13. The highest BCUT2D eigenvalue weighted by Gasteiger charge is 2.28. The molecule has 1 fully saturated rings. The van der Waals surface area contributed by atoms with E-state index in [9.17, 15) is 14.4 Å². The summed E-state index contributed by atoms with van der Waals surface area (Å²) in [7, 11) is 0. The second kappa shape index (κ2) is 3.84. The lowest BCUT2D eigenvalue weighted by molar-refractivity contribution is -0.139. The summed E-state index contributed by atoms with van der Waals surface area (Å²) in [6, 6.07) is 0. The number of rotatable bonds is 3. The molecule has 0 unspecified atom stereocenters. The van der Waals surface area contributed by atoms with Crippen molar-refractivity contribution in [1.29, 1.82) is 0 Å². The predicted molar refractivity (Wildman–Crippen MR) is 44.3 cm³/mol. The van der Waals surface area contributed by atoms with Crippen LogP contribution in [0.15, 0.2) is 12.7 Å². The minimum absolute atomic E-state index is 0.0531. The van der Waals surface area contributed by atoms with Gasteiger partial charge < -0.3 is 5.32 Å². The summed E-state index contributed by atoms with van der Waals surface area (Å²) in [5, 5.41) is 2.36. The third kappa shape index (κ3) is 2.14. The van der Waals surface area contributed by atoms with E-state index in [0.29, 0.717) is 0 Å². The molecule has 1 saturated heterocycles. The van der Waals surface area contributed by atoms with Crippen molar-refractivity contribution in [1.82, 2.24) is 10.2 Å². The minimum Gasteiger partial charge on any atom is -0.334 e. The molecule has 0 aromatic heterocycles. The van der Waals surface area contributed by atoms with Crippen molar-refractivity contribution in [2.45, 2.75) is 12.8 Å². The van der Waals surface area contributed by atoms with Crippen LogP contribution in [0.1, 0.15) is 12.8 Å². The van der Waals surface area contributed by atoms with Crippen LogP contribution in [0, 0.1) is 0 Å². The molecule has 0 aliphatic carbocycles. The van der Waals surface area contributed by atoms with Crippen LogP contribution >= 0.6 is 0 Å². The second-order valence-electron chi connectivity index (χ2n) is 2.62. The van der Waals surface area contributed by atoms with E-state index in [1.54, 1.807) is 0 Å². The van der Waals surface area contributed by atoms with Gasteiger partial charge in [0.2, 0.25) is 17.7 Å². The maximum atomic E-state index is 11.0. The number of nitrogens with one attached hydrogen (secondary N) is 1. The van der Waals surface area contributed by atoms with E-state index in [0.717, 1.165) is 11.0 Å². The zero-order chi connectivity index (χ0) is 9.84. The van der Waals surface area contributed by atoms with Gasteiger partial charge >= 0.3 is 0 Å². The summed E-state index contributed by atoms with van der Waals surface area (Å²) in [6.07, 6.45) is 1.57. The molecule has 0 aromatic rings. The van der Waals surface area contributed by atoms with Gasteiger partial charge in [-0.25, -0.2) is 0 Å². The summed E-state index contributed by atoms with van der Waals surface area (Å²) in [4.78, 5) is 33.8. The molecular formula is C8H10N2O3. The highest BCUT2D eigenvalue weighted by molar-refractivity contribution is 6.02. The first-order valence-electron chi connectivity index (χ1n) is 3.88. The smallest absolute Gasteiger partial charge is 0.244 e. The van der Waals surface area contributed by atoms with Crippen LogP contribution in [0.3, 0.4) is 0 Å². The van der Waals surface area contributed by atoms with Crippen LogP contribution in [0.25, 0.3) is 0 Å². The molecule has 0 aromatic carbocycles. The number of likely N-dealkylation sites (tertiary alicyclic amines) is 1. The van der Waals surface area contributed by atoms with Gasteiger partial charge in [-0.05, 0) is 6.08 Å². The Balaban J connectivity index is 2.44. The fourth-order valence-electron chi connectivity index (χ4n) is 1.03. The molecule has 70 valence electrons. The van der Waals surface area contributed by atoms with E-state index in [1.165, 1.54) is 0 Å². The monoisotopic (exact) mass is 182 g/mol. The average molecular weight is 182 g/mol. The summed E-state index contributed by atoms with van der Waals surface area (Å²) in [5.41, 5.74) is 0. The molecule has 0 radical (unpaired) electrons. The topological polar surface area (TPSA) is 66.5 Å². The van der Waals surface area contributed by atoms with Crippen molar-refractivity contribution in [2.24, 2.45) is 0 Å². The van der Waals surface area contributed by atoms with E-state index < -0.39 is 5.91 Å². The zero-order valence-electron chi connectivity index (χ0n) is 7.08. The largest absolute Gasteiger partial charge is 0.334 e. The van der Waals surface area contributed by atoms with Crippen molar-refractivity contribution < 1.29 is 14.4 Å². The van der Waals surface area contributed by atoms with Crippen molar-refractivity contribution >= 4 is 17.7 Å². The highest BCUT2D eigenvalue weighted by atomic mass is 16.2. The lowest BCUT2D eigenvalue weighted by atomic mass is 10.4. The fraction of sp³-hybridized carbons (Fsp3) is 0.375. The Bertz CT molecular complexity index is 257. The van der Waals surface area contributed by atoms with E-state index in [1.807, 2.05) is 0 Å². The quantitative estimate of drug-likeness (QED) is 0.468. The molecule has 1 aliphatic heterocycles. The van der Waals surface area contributed by atoms with Crippen LogP contribution < -0.4 is 5.32 Å². The first-order chi connectivity index (χ1) is 6.15. The van der Waals surface area contributed by atoms with Crippen LogP contribution in [0.5, 0.6) is 0 Å². The van der Waals surface area contributed by atoms with Crippen molar-refractivity contribution in [3.63, 3.8) is 0 Å². The van der Waals surface area contributed by atoms with Gasteiger partial charge in [-0.1, -0.05) is 6.58 Å². The molecular weight excluding hydrogens is 172 g/mol. The Morgan fingerprint density at radius 1 is 1.46 bits per heavy atom. The number of imide groups is 1. The van der Waals surface area contributed by atoms with Crippen LogP contribution in [0.4, 0.5) is 0 Å². The molecule has 1 rings (SSSR count). The number of carbonyl (C=O) groups is 3. The van der Waals surface area contributed by atoms with E-state index >= 15 is 0 Å². The molecule has 1 aliphatic rings. The maximum absolute atomic E-state index is 11.0. The summed E-state index contributed by atoms with van der Waals surface area (Å²) in [6.45, 7) is 3.19.